The summed E-state index contributed by atoms with van der Waals surface area (Å²) in [4.78, 5) is 13.7. The quantitative estimate of drug-likeness (QED) is 0.861. The minimum absolute atomic E-state index is 0.230. The van der Waals surface area contributed by atoms with Crippen molar-refractivity contribution >= 4 is 33.2 Å². The molecule has 0 aliphatic rings. The summed E-state index contributed by atoms with van der Waals surface area (Å²) in [5.74, 6) is -0.630. The van der Waals surface area contributed by atoms with Gasteiger partial charge in [-0.25, -0.2) is 4.39 Å². The second-order valence-corrected chi connectivity index (χ2v) is 4.94. The minimum Gasteiger partial charge on any atom is -0.399 e. The SMILES string of the molecule is CN(C(=O)c1ccc(F)c(Br)c1)c1cccc(N)c1. The molecule has 0 saturated heterocycles. The summed E-state index contributed by atoms with van der Waals surface area (Å²) < 4.78 is 13.4. The van der Waals surface area contributed by atoms with Crippen LogP contribution in [0, 0.1) is 5.82 Å². The van der Waals surface area contributed by atoms with Gasteiger partial charge < -0.3 is 10.6 Å². The lowest BCUT2D eigenvalue weighted by atomic mass is 10.2. The number of halogens is 2. The average molecular weight is 323 g/mol. The molecule has 0 aromatic heterocycles. The Morgan fingerprint density at radius 1 is 1.26 bits per heavy atom. The Morgan fingerprint density at radius 2 is 2.00 bits per heavy atom. The predicted molar refractivity (Wildman–Crippen MR) is 77.7 cm³/mol. The van der Waals surface area contributed by atoms with Gasteiger partial charge in [-0.3, -0.25) is 4.79 Å². The van der Waals surface area contributed by atoms with Crippen LogP contribution in [0.3, 0.4) is 0 Å². The number of nitrogens with two attached hydrogens (primary N) is 1. The van der Waals surface area contributed by atoms with Gasteiger partial charge in [0.1, 0.15) is 5.82 Å². The molecule has 0 radical (unpaired) electrons. The zero-order valence-corrected chi connectivity index (χ0v) is 11.8. The van der Waals surface area contributed by atoms with Crippen LogP contribution >= 0.6 is 15.9 Å². The van der Waals surface area contributed by atoms with E-state index in [4.69, 9.17) is 5.73 Å². The zero-order valence-electron chi connectivity index (χ0n) is 10.2. The second kappa shape index (κ2) is 5.40. The highest BCUT2D eigenvalue weighted by molar-refractivity contribution is 9.10. The van der Waals surface area contributed by atoms with Crippen LogP contribution in [0.25, 0.3) is 0 Å². The van der Waals surface area contributed by atoms with E-state index in [1.807, 2.05) is 0 Å². The van der Waals surface area contributed by atoms with E-state index in [1.165, 1.54) is 23.1 Å². The van der Waals surface area contributed by atoms with Crippen molar-refractivity contribution in [1.82, 2.24) is 0 Å². The van der Waals surface area contributed by atoms with Crippen molar-refractivity contribution in [2.45, 2.75) is 0 Å². The number of anilines is 2. The van der Waals surface area contributed by atoms with Gasteiger partial charge >= 0.3 is 0 Å². The van der Waals surface area contributed by atoms with Gasteiger partial charge in [0.05, 0.1) is 4.47 Å². The van der Waals surface area contributed by atoms with Crippen LogP contribution < -0.4 is 10.6 Å². The van der Waals surface area contributed by atoms with Crippen LogP contribution in [0.15, 0.2) is 46.9 Å². The van der Waals surface area contributed by atoms with Gasteiger partial charge in [0, 0.05) is 24.0 Å². The molecule has 19 heavy (non-hydrogen) atoms. The molecule has 0 unspecified atom stereocenters. The van der Waals surface area contributed by atoms with Crippen molar-refractivity contribution in [2.24, 2.45) is 0 Å². The highest BCUT2D eigenvalue weighted by Crippen LogP contribution is 2.21. The average Bonchev–Trinajstić information content (AvgIpc) is 2.40. The van der Waals surface area contributed by atoms with Gasteiger partial charge in [0.25, 0.3) is 5.91 Å². The van der Waals surface area contributed by atoms with Gasteiger partial charge in [0.15, 0.2) is 0 Å². The van der Waals surface area contributed by atoms with Gasteiger partial charge in [-0.2, -0.15) is 0 Å². The molecule has 2 aromatic rings. The summed E-state index contributed by atoms with van der Waals surface area (Å²) in [7, 11) is 1.65. The molecule has 0 bridgehead atoms. The number of carbonyl (C=O) groups excluding carboxylic acids is 1. The van der Waals surface area contributed by atoms with Crippen LogP contribution in [-0.4, -0.2) is 13.0 Å². The molecule has 0 atom stereocenters. The lowest BCUT2D eigenvalue weighted by Gasteiger charge is -2.18. The number of nitrogens with zero attached hydrogens (tertiary/aromatic N) is 1. The van der Waals surface area contributed by atoms with Gasteiger partial charge in [-0.1, -0.05) is 6.07 Å². The molecule has 5 heteroatoms. The Balaban J connectivity index is 2.30. The molecule has 0 heterocycles. The number of nitrogen functional groups attached to an aromatic ring is 1. The molecule has 0 saturated carbocycles. The fourth-order valence-electron chi connectivity index (χ4n) is 1.67. The van der Waals surface area contributed by atoms with E-state index < -0.39 is 5.82 Å². The first-order valence-corrected chi connectivity index (χ1v) is 6.37. The maximum atomic E-state index is 13.2. The van der Waals surface area contributed by atoms with Crippen LogP contribution in [-0.2, 0) is 0 Å². The molecule has 2 aromatic carbocycles. The molecule has 98 valence electrons. The summed E-state index contributed by atoms with van der Waals surface area (Å²) >= 11 is 3.07. The molecule has 2 rings (SSSR count). The molecule has 3 nitrogen and oxygen atoms in total. The summed E-state index contributed by atoms with van der Waals surface area (Å²) in [6.45, 7) is 0. The van der Waals surface area contributed by atoms with Crippen LogP contribution in [0.2, 0.25) is 0 Å². The topological polar surface area (TPSA) is 46.3 Å². The fraction of sp³-hybridized carbons (Fsp3) is 0.0714. The molecule has 2 N–H and O–H groups in total. The standard InChI is InChI=1S/C14H12BrFN2O/c1-18(11-4-2-3-10(17)8-11)14(19)9-5-6-13(16)12(15)7-9/h2-8H,17H2,1H3. The first-order chi connectivity index (χ1) is 8.99. The Morgan fingerprint density at radius 3 is 2.63 bits per heavy atom. The van der Waals surface area contributed by atoms with Crippen molar-refractivity contribution < 1.29 is 9.18 Å². The van der Waals surface area contributed by atoms with Crippen LogP contribution in [0.1, 0.15) is 10.4 Å². The fourth-order valence-corrected chi connectivity index (χ4v) is 2.05. The monoisotopic (exact) mass is 322 g/mol. The Labute approximate surface area is 119 Å². The highest BCUT2D eigenvalue weighted by Gasteiger charge is 2.14. The predicted octanol–water partition coefficient (Wildman–Crippen LogP) is 3.45. The normalized spacial score (nSPS) is 10.3. The maximum Gasteiger partial charge on any atom is 0.258 e. The molecule has 0 aliphatic heterocycles. The Bertz CT molecular complexity index is 631. The van der Waals surface area contributed by atoms with Crippen LogP contribution in [0.5, 0.6) is 0 Å². The van der Waals surface area contributed by atoms with E-state index in [2.05, 4.69) is 15.9 Å². The minimum atomic E-state index is -0.400. The first-order valence-electron chi connectivity index (χ1n) is 5.57. The number of hydrogen-bond donors (Lipinski definition) is 1. The molecule has 1 amide bonds. The maximum absolute atomic E-state index is 13.2. The first kappa shape index (κ1) is 13.5. The van der Waals surface area contributed by atoms with Crippen molar-refractivity contribution in [1.29, 1.82) is 0 Å². The molecule has 0 fully saturated rings. The summed E-state index contributed by atoms with van der Waals surface area (Å²) in [6, 6.07) is 11.2. The zero-order chi connectivity index (χ0) is 14.0. The Hall–Kier alpha value is -1.88. The third-order valence-corrected chi connectivity index (χ3v) is 3.34. The van der Waals surface area contributed by atoms with E-state index in [9.17, 15) is 9.18 Å². The van der Waals surface area contributed by atoms with E-state index in [0.717, 1.165) is 0 Å². The third-order valence-electron chi connectivity index (χ3n) is 2.73. The van der Waals surface area contributed by atoms with E-state index >= 15 is 0 Å². The molecular formula is C14H12BrFN2O. The lowest BCUT2D eigenvalue weighted by molar-refractivity contribution is 0.0993. The van der Waals surface area contributed by atoms with Gasteiger partial charge in [0.2, 0.25) is 0 Å². The highest BCUT2D eigenvalue weighted by atomic mass is 79.9. The van der Waals surface area contributed by atoms with E-state index in [1.54, 1.807) is 31.3 Å². The Kier molecular flexibility index (Phi) is 3.85. The number of benzene rings is 2. The number of rotatable bonds is 2. The summed E-state index contributed by atoms with van der Waals surface area (Å²) in [5, 5.41) is 0. The number of amides is 1. The molecule has 0 spiro atoms. The number of carbonyl (C=O) groups is 1. The largest absolute Gasteiger partial charge is 0.399 e. The lowest BCUT2D eigenvalue weighted by Crippen LogP contribution is -2.26. The smallest absolute Gasteiger partial charge is 0.258 e. The third kappa shape index (κ3) is 2.93. The van der Waals surface area contributed by atoms with Gasteiger partial charge in [-0.05, 0) is 52.3 Å². The van der Waals surface area contributed by atoms with E-state index in [0.29, 0.717) is 16.9 Å². The van der Waals surface area contributed by atoms with Crippen LogP contribution in [0.4, 0.5) is 15.8 Å². The van der Waals surface area contributed by atoms with Crippen molar-refractivity contribution in [3.05, 3.63) is 58.3 Å². The second-order valence-electron chi connectivity index (χ2n) is 4.09. The number of hydrogen-bond acceptors (Lipinski definition) is 2. The van der Waals surface area contributed by atoms with Crippen molar-refractivity contribution in [3.63, 3.8) is 0 Å². The van der Waals surface area contributed by atoms with E-state index in [-0.39, 0.29) is 10.4 Å². The van der Waals surface area contributed by atoms with Crippen molar-refractivity contribution in [2.75, 3.05) is 17.7 Å². The van der Waals surface area contributed by atoms with Crippen molar-refractivity contribution in [3.8, 4) is 0 Å². The molecular weight excluding hydrogens is 311 g/mol. The van der Waals surface area contributed by atoms with Gasteiger partial charge in [-0.15, -0.1) is 0 Å². The summed E-state index contributed by atoms with van der Waals surface area (Å²) in [6.07, 6.45) is 0. The summed E-state index contributed by atoms with van der Waals surface area (Å²) in [5.41, 5.74) is 7.35. The molecule has 0 aliphatic carbocycles.